The van der Waals surface area contributed by atoms with Crippen molar-refractivity contribution in [1.29, 1.82) is 0 Å². The lowest BCUT2D eigenvalue weighted by Gasteiger charge is -2.17. The average Bonchev–Trinajstić information content (AvgIpc) is 2.75. The smallest absolute Gasteiger partial charge is 0.337 e. The molecule has 0 atom stereocenters. The molecule has 106 valence electrons. The van der Waals surface area contributed by atoms with Gasteiger partial charge in [-0.15, -0.1) is 0 Å². The molecule has 0 spiro atoms. The number of rotatable bonds is 5. The summed E-state index contributed by atoms with van der Waals surface area (Å²) in [5.74, 6) is -2.04. The van der Waals surface area contributed by atoms with Crippen LogP contribution in [0.1, 0.15) is 23.2 Å². The lowest BCUT2D eigenvalue weighted by Crippen LogP contribution is -2.30. The van der Waals surface area contributed by atoms with Crippen LogP contribution in [0, 0.1) is 0 Å². The summed E-state index contributed by atoms with van der Waals surface area (Å²) in [7, 11) is 0. The van der Waals surface area contributed by atoms with Gasteiger partial charge in [-0.1, -0.05) is 0 Å². The van der Waals surface area contributed by atoms with E-state index in [-0.39, 0.29) is 28.6 Å². The molecule has 1 saturated heterocycles. The van der Waals surface area contributed by atoms with Crippen LogP contribution in [0.3, 0.4) is 0 Å². The van der Waals surface area contributed by atoms with Crippen molar-refractivity contribution in [3.8, 4) is 0 Å². The van der Waals surface area contributed by atoms with Crippen LogP contribution in [0.4, 0.5) is 11.4 Å². The molecule has 1 aliphatic rings. The highest BCUT2D eigenvalue weighted by molar-refractivity contribution is 14.1. The van der Waals surface area contributed by atoms with Crippen molar-refractivity contribution in [1.82, 2.24) is 0 Å². The highest BCUT2D eigenvalue weighted by Gasteiger charge is 2.33. The van der Waals surface area contributed by atoms with Crippen LogP contribution in [0.2, 0.25) is 0 Å². The second kappa shape index (κ2) is 6.07. The van der Waals surface area contributed by atoms with Gasteiger partial charge < -0.3 is 10.4 Å². The maximum atomic E-state index is 11.7. The van der Waals surface area contributed by atoms with Crippen molar-refractivity contribution in [2.24, 2.45) is 0 Å². The van der Waals surface area contributed by atoms with E-state index in [0.717, 1.165) is 4.90 Å². The molecule has 1 aliphatic heterocycles. The van der Waals surface area contributed by atoms with Gasteiger partial charge in [0.1, 0.15) is 0 Å². The molecular formula is C12H11IN2O5. The van der Waals surface area contributed by atoms with Crippen LogP contribution in [-0.2, 0) is 12.7 Å². The zero-order valence-electron chi connectivity index (χ0n) is 10.3. The first-order chi connectivity index (χ1) is 9.54. The fraction of sp³-hybridized carbons (Fsp3) is 0.250. The molecule has 1 aromatic carbocycles. The number of hydrogen-bond donors (Lipinski definition) is 2. The van der Waals surface area contributed by atoms with Crippen molar-refractivity contribution in [3.05, 3.63) is 23.8 Å². The number of nitrogens with one attached hydrogen (secondary N) is 1. The van der Waals surface area contributed by atoms with E-state index in [4.69, 9.17) is 5.11 Å². The Morgan fingerprint density at radius 2 is 1.95 bits per heavy atom. The molecule has 1 fully saturated rings. The minimum absolute atomic E-state index is 0.0547. The molecule has 0 bridgehead atoms. The Bertz CT molecular complexity index is 586. The number of alkyl halides is 1. The third-order valence-corrected chi connectivity index (χ3v) is 3.54. The van der Waals surface area contributed by atoms with Crippen LogP contribution in [0.5, 0.6) is 0 Å². The van der Waals surface area contributed by atoms with E-state index in [9.17, 15) is 17.5 Å². The van der Waals surface area contributed by atoms with Gasteiger partial charge >= 0.3 is 5.97 Å². The predicted octanol–water partition coefficient (Wildman–Crippen LogP) is 1.72. The number of carboxylic acids is 1. The van der Waals surface area contributed by atoms with Crippen LogP contribution < -0.4 is 10.2 Å². The largest absolute Gasteiger partial charge is 0.478 e. The molecule has 2 rings (SSSR count). The number of aromatic carboxylic acids is 1. The first-order valence-corrected chi connectivity index (χ1v) is 8.13. The second-order valence-corrected chi connectivity index (χ2v) is 5.47. The van der Waals surface area contributed by atoms with Crippen LogP contribution in [0.15, 0.2) is 18.2 Å². The topological polar surface area (TPSA) is 104 Å². The lowest BCUT2D eigenvalue weighted by atomic mass is 10.1. The van der Waals surface area contributed by atoms with E-state index < -0.39 is 39.0 Å². The molecule has 8 heteroatoms. The van der Waals surface area contributed by atoms with E-state index >= 15 is 0 Å². The number of anilines is 2. The predicted molar refractivity (Wildman–Crippen MR) is 78.3 cm³/mol. The van der Waals surface area contributed by atoms with Gasteiger partial charge in [-0.25, -0.2) is 9.69 Å². The van der Waals surface area contributed by atoms with Gasteiger partial charge in [-0.2, -0.15) is 0 Å². The quantitative estimate of drug-likeness (QED) is 0.344. The van der Waals surface area contributed by atoms with Gasteiger partial charge in [-0.05, 0) is 18.2 Å². The Morgan fingerprint density at radius 3 is 2.50 bits per heavy atom. The summed E-state index contributed by atoms with van der Waals surface area (Å²) in [4.78, 5) is 35.6. The number of carbonyl (C=O) groups is 3. The third kappa shape index (κ3) is 2.84. The Labute approximate surface area is 124 Å². The average molecular weight is 390 g/mol. The van der Waals surface area contributed by atoms with Gasteiger partial charge in [0.2, 0.25) is 11.8 Å². The zero-order valence-corrected chi connectivity index (χ0v) is 12.4. The maximum absolute atomic E-state index is 11.7. The normalized spacial score (nSPS) is 14.7. The second-order valence-electron chi connectivity index (χ2n) is 4.08. The summed E-state index contributed by atoms with van der Waals surface area (Å²) < 4.78 is 10.8. The number of benzene rings is 1. The molecule has 1 heterocycles. The van der Waals surface area contributed by atoms with E-state index in [2.05, 4.69) is 5.32 Å². The highest BCUT2D eigenvalue weighted by Crippen LogP contribution is 2.29. The monoisotopic (exact) mass is 390 g/mol. The summed E-state index contributed by atoms with van der Waals surface area (Å²) >= 11 is -1.20. The fourth-order valence-corrected chi connectivity index (χ4v) is 2.55. The Balaban J connectivity index is 2.46. The number of imide groups is 1. The van der Waals surface area contributed by atoms with E-state index in [1.54, 1.807) is 0 Å². The molecule has 0 unspecified atom stereocenters. The Morgan fingerprint density at radius 1 is 1.30 bits per heavy atom. The van der Waals surface area contributed by atoms with Gasteiger partial charge in [0, 0.05) is 18.5 Å². The molecule has 7 nitrogen and oxygen atoms in total. The highest BCUT2D eigenvalue weighted by atomic mass is 127. The molecule has 1 aromatic rings. The Kier molecular flexibility index (Phi) is 4.42. The number of halogens is 1. The molecule has 0 aromatic heterocycles. The fourth-order valence-electron chi connectivity index (χ4n) is 1.96. The van der Waals surface area contributed by atoms with Crippen molar-refractivity contribution < 1.29 is 22.6 Å². The molecule has 0 radical (unpaired) electrons. The van der Waals surface area contributed by atoms with Crippen LogP contribution in [0.25, 0.3) is 0 Å². The zero-order chi connectivity index (χ0) is 14.7. The summed E-state index contributed by atoms with van der Waals surface area (Å²) in [6, 6.07) is 4.25. The summed E-state index contributed by atoms with van der Waals surface area (Å²) in [6.45, 7) is 0. The maximum Gasteiger partial charge on any atom is 0.337 e. The van der Waals surface area contributed by atoms with Crippen molar-refractivity contribution in [2.75, 3.05) is 14.8 Å². The van der Waals surface area contributed by atoms with E-state index in [1.165, 1.54) is 18.2 Å². The van der Waals surface area contributed by atoms with Crippen molar-refractivity contribution >= 4 is 50.4 Å². The first kappa shape index (κ1) is 14.6. The number of hydrogen-bond acceptors (Lipinski definition) is 5. The summed E-state index contributed by atoms with van der Waals surface area (Å²) in [6.07, 6.45) is 0.170. The van der Waals surface area contributed by atoms with Crippen molar-refractivity contribution in [3.63, 3.8) is 0 Å². The summed E-state index contributed by atoms with van der Waals surface area (Å²) in [5.41, 5.74) is 0.461. The summed E-state index contributed by atoms with van der Waals surface area (Å²) in [5, 5.41) is 12.0. The molecule has 2 amide bonds. The Hall–Kier alpha value is -1.84. The number of amides is 2. The van der Waals surface area contributed by atoms with Gasteiger partial charge in [0.25, 0.3) is 0 Å². The lowest BCUT2D eigenvalue weighted by molar-refractivity contribution is -0.121. The molecular weight excluding hydrogens is 379 g/mol. The van der Waals surface area contributed by atoms with Crippen molar-refractivity contribution in [2.45, 2.75) is 12.8 Å². The standard InChI is InChI=1S/C12H11IN2O5/c16-10-3-4-11(17)15(10)9-5-7(14-6-13-20)1-2-8(9)12(18)19/h1-2,5,14H,3-4,6H2,(H,18,19). The van der Waals surface area contributed by atoms with E-state index in [0.29, 0.717) is 5.69 Å². The molecule has 20 heavy (non-hydrogen) atoms. The van der Waals surface area contributed by atoms with Crippen LogP contribution in [-0.4, -0.2) is 27.4 Å². The molecule has 2 N–H and O–H groups in total. The number of nitrogens with zero attached hydrogens (tertiary/aromatic N) is 1. The van der Waals surface area contributed by atoms with Gasteiger partial charge in [-0.3, -0.25) is 12.7 Å². The first-order valence-electron chi connectivity index (χ1n) is 5.73. The minimum Gasteiger partial charge on any atom is -0.478 e. The number of carboxylic acid groups (broad SMARTS) is 1. The minimum atomic E-state index is -1.21. The van der Waals surface area contributed by atoms with E-state index in [1.807, 2.05) is 0 Å². The molecule has 0 aliphatic carbocycles. The third-order valence-electron chi connectivity index (χ3n) is 2.85. The SMILES string of the molecule is O=ICNc1ccc(C(=O)O)c(N2C(=O)CCC2=O)c1. The number of carbonyl (C=O) groups excluding carboxylic acids is 2. The van der Waals surface area contributed by atoms with Crippen LogP contribution >= 0.6 is 21.2 Å². The van der Waals surface area contributed by atoms with Gasteiger partial charge in [0.15, 0.2) is 21.2 Å². The van der Waals surface area contributed by atoms with Gasteiger partial charge in [0.05, 0.1) is 15.8 Å². The molecule has 0 saturated carbocycles.